The van der Waals surface area contributed by atoms with Gasteiger partial charge in [-0.15, -0.1) is 11.3 Å². The van der Waals surface area contributed by atoms with Crippen LogP contribution in [0.15, 0.2) is 84.5 Å². The van der Waals surface area contributed by atoms with E-state index in [1.165, 1.54) is 21.8 Å². The Morgan fingerprint density at radius 1 is 0.821 bits per heavy atom. The van der Waals surface area contributed by atoms with Crippen LogP contribution in [0.25, 0.3) is 33.5 Å². The van der Waals surface area contributed by atoms with E-state index in [2.05, 4.69) is 53.0 Å². The Hall–Kier alpha value is -7.32. The second-order valence-corrected chi connectivity index (χ2v) is 23.5. The Morgan fingerprint density at radius 2 is 1.50 bits per heavy atom. The summed E-state index contributed by atoms with van der Waals surface area (Å²) in [5.41, 5.74) is 8.11. The van der Waals surface area contributed by atoms with Crippen molar-refractivity contribution in [3.63, 3.8) is 0 Å². The van der Waals surface area contributed by atoms with Gasteiger partial charge in [0.25, 0.3) is 0 Å². The molecule has 4 N–H and O–H groups in total. The Kier molecular flexibility index (Phi) is 22.0. The summed E-state index contributed by atoms with van der Waals surface area (Å²) in [5.74, 6) is -1.35. The molecule has 8 rings (SSSR count). The van der Waals surface area contributed by atoms with Crippen molar-refractivity contribution >= 4 is 46.9 Å². The van der Waals surface area contributed by atoms with E-state index in [9.17, 15) is 34.3 Å². The van der Waals surface area contributed by atoms with E-state index in [-0.39, 0.29) is 44.5 Å². The molecule has 5 aromatic rings. The van der Waals surface area contributed by atoms with Gasteiger partial charge in [-0.05, 0) is 105 Å². The molecule has 5 amide bonds. The van der Waals surface area contributed by atoms with Crippen LogP contribution in [-0.2, 0) is 49.5 Å². The molecular formula is C63H79N9O11S. The van der Waals surface area contributed by atoms with Crippen molar-refractivity contribution in [3.8, 4) is 39.2 Å². The van der Waals surface area contributed by atoms with Gasteiger partial charge >= 0.3 is 0 Å². The molecule has 21 heteroatoms. The summed E-state index contributed by atoms with van der Waals surface area (Å²) in [5, 5.41) is 33.9. The molecule has 2 aliphatic heterocycles. The number of aromatic nitrogens is 3. The van der Waals surface area contributed by atoms with Gasteiger partial charge in [0, 0.05) is 61.6 Å². The van der Waals surface area contributed by atoms with E-state index >= 15 is 0 Å². The number of aryl methyl sites for hydroxylation is 3. The van der Waals surface area contributed by atoms with E-state index in [1.807, 2.05) is 72.4 Å². The largest absolute Gasteiger partial charge is 0.491 e. The summed E-state index contributed by atoms with van der Waals surface area (Å²) in [7, 11) is 0. The minimum Gasteiger partial charge on any atom is -0.491 e. The first-order chi connectivity index (χ1) is 40.5. The molecule has 4 heterocycles. The number of carbonyl (C=O) groups is 5. The van der Waals surface area contributed by atoms with Gasteiger partial charge in [-0.3, -0.25) is 24.0 Å². The summed E-state index contributed by atoms with van der Waals surface area (Å²) >= 11 is 1.51. The third kappa shape index (κ3) is 16.5. The lowest BCUT2D eigenvalue weighted by atomic mass is 9.85. The molecular weight excluding hydrogens is 1090 g/mol. The Morgan fingerprint density at radius 3 is 2.15 bits per heavy atom. The standard InChI is InChI=1S/C63H79N9O11S/c1-42-15-16-45(34-43(42)2)55-48(38-72(69-55)49-12-8-7-9-13-49)19-20-54(74)70-24-11-10-14-51(70)58(75)65-23-25-79-26-27-80-28-29-81-30-31-82-32-33-83-53-35-46(56-44(3)67-41-84-56)17-18-47(53)37-66-59(76)52-36-50(73)39-71(52)60(77)57(62(4,5)6)68-61(78)63(40-64)21-22-63/h7-9,12-13,15-20,34-35,38,41,50-52,57,73H,10-11,14,21-33,36-37,39H2,1-6H3,(H,65,75)(H,66,76)(H,68,78)/b20-19+/t50-,51?,52+,57-/m1/s1. The molecule has 0 bridgehead atoms. The monoisotopic (exact) mass is 1170 g/mol. The average Bonchev–Trinajstić information content (AvgIpc) is 2.66. The van der Waals surface area contributed by atoms with Crippen LogP contribution in [0.5, 0.6) is 5.75 Å². The molecule has 1 unspecified atom stereocenters. The fraction of sp³-hybridized carbons (Fsp3) is 0.492. The molecule has 3 aliphatic rings. The quantitative estimate of drug-likeness (QED) is 0.0302. The topological polar surface area (TPSA) is 249 Å². The van der Waals surface area contributed by atoms with E-state index < -0.39 is 52.8 Å². The van der Waals surface area contributed by atoms with Gasteiger partial charge in [-0.1, -0.05) is 63.2 Å². The Bertz CT molecular complexity index is 3140. The summed E-state index contributed by atoms with van der Waals surface area (Å²) in [6, 6.07) is 21.3. The molecule has 20 nitrogen and oxygen atoms in total. The predicted molar refractivity (Wildman–Crippen MR) is 318 cm³/mol. The first-order valence-corrected chi connectivity index (χ1v) is 29.8. The van der Waals surface area contributed by atoms with Crippen molar-refractivity contribution < 1.29 is 52.8 Å². The SMILES string of the molecule is Cc1ccc(-c2nn(-c3ccccc3)cc2/C=C/C(=O)N2CCCCC2C(=O)NCCOCCOCCOCCOCCOc2cc(-c3scnc3C)ccc2CNC(=O)[C@@H]2C[C@@H](O)CN2C(=O)[C@@H](NC(=O)C2(C#N)CC2)C(C)(C)C)cc1C. The van der Waals surface area contributed by atoms with Gasteiger partial charge in [-0.2, -0.15) is 10.4 Å². The second kappa shape index (κ2) is 29.5. The third-order valence-electron chi connectivity index (χ3n) is 15.4. The van der Waals surface area contributed by atoms with Gasteiger partial charge < -0.3 is 54.5 Å². The van der Waals surface area contributed by atoms with Crippen LogP contribution in [0.3, 0.4) is 0 Å². The molecule has 84 heavy (non-hydrogen) atoms. The van der Waals surface area contributed by atoms with Crippen molar-refractivity contribution in [3.05, 3.63) is 112 Å². The van der Waals surface area contributed by atoms with E-state index in [0.29, 0.717) is 89.9 Å². The number of rotatable bonds is 28. The van der Waals surface area contributed by atoms with Crippen LogP contribution in [0.4, 0.5) is 0 Å². The number of thiazole rings is 1. The summed E-state index contributed by atoms with van der Waals surface area (Å²) in [6.45, 7) is 15.1. The lowest BCUT2D eigenvalue weighted by molar-refractivity contribution is -0.144. The van der Waals surface area contributed by atoms with Crippen molar-refractivity contribution in [2.45, 2.75) is 111 Å². The number of ether oxygens (including phenoxy) is 5. The number of aliphatic hydroxyl groups excluding tert-OH is 1. The normalized spacial score (nSPS) is 17.9. The fourth-order valence-corrected chi connectivity index (χ4v) is 11.0. The minimum atomic E-state index is -1.14. The Balaban J connectivity index is 0.708. The Labute approximate surface area is 495 Å². The molecule has 0 radical (unpaired) electrons. The highest BCUT2D eigenvalue weighted by Gasteiger charge is 2.53. The lowest BCUT2D eigenvalue weighted by Gasteiger charge is -2.35. The van der Waals surface area contributed by atoms with E-state index in [4.69, 9.17) is 28.8 Å². The molecule has 1 aliphatic carbocycles. The number of likely N-dealkylation sites (tertiary alicyclic amines) is 2. The van der Waals surface area contributed by atoms with Gasteiger partial charge in [0.2, 0.25) is 29.5 Å². The minimum absolute atomic E-state index is 0.0285. The van der Waals surface area contributed by atoms with Gasteiger partial charge in [0.05, 0.1) is 92.5 Å². The second-order valence-electron chi connectivity index (χ2n) is 22.6. The van der Waals surface area contributed by atoms with Crippen LogP contribution in [0, 0.1) is 42.9 Å². The van der Waals surface area contributed by atoms with Crippen molar-refractivity contribution in [1.82, 2.24) is 40.5 Å². The van der Waals surface area contributed by atoms with Crippen LogP contribution in [0.1, 0.15) is 87.2 Å². The molecule has 1 saturated carbocycles. The summed E-state index contributed by atoms with van der Waals surface area (Å²) in [4.78, 5) is 76.5. The van der Waals surface area contributed by atoms with Crippen molar-refractivity contribution in [2.24, 2.45) is 10.8 Å². The zero-order chi connectivity index (χ0) is 59.8. The highest BCUT2D eigenvalue weighted by molar-refractivity contribution is 7.13. The number of amides is 5. The van der Waals surface area contributed by atoms with Crippen molar-refractivity contribution in [2.75, 3.05) is 79.1 Å². The number of piperidine rings is 1. The van der Waals surface area contributed by atoms with E-state index in [1.54, 1.807) is 43.3 Å². The first kappa shape index (κ1) is 62.7. The molecule has 2 aromatic heterocycles. The molecule has 2 saturated heterocycles. The van der Waals surface area contributed by atoms with Gasteiger partial charge in [0.15, 0.2) is 0 Å². The number of nitrogens with one attached hydrogen (secondary N) is 3. The van der Waals surface area contributed by atoms with Crippen LogP contribution < -0.4 is 20.7 Å². The number of hydrogen-bond acceptors (Lipinski definition) is 15. The maximum Gasteiger partial charge on any atom is 0.247 e. The highest BCUT2D eigenvalue weighted by Crippen LogP contribution is 2.45. The number of nitrogens with zero attached hydrogens (tertiary/aromatic N) is 6. The van der Waals surface area contributed by atoms with Crippen LogP contribution in [-0.4, -0.2) is 163 Å². The van der Waals surface area contributed by atoms with Crippen LogP contribution >= 0.6 is 11.3 Å². The number of para-hydroxylation sites is 1. The third-order valence-corrected chi connectivity index (χ3v) is 16.3. The molecule has 448 valence electrons. The molecule has 4 atom stereocenters. The van der Waals surface area contributed by atoms with Crippen LogP contribution in [0.2, 0.25) is 0 Å². The zero-order valence-corrected chi connectivity index (χ0v) is 49.8. The first-order valence-electron chi connectivity index (χ1n) is 28.9. The fourth-order valence-electron chi connectivity index (χ4n) is 10.2. The maximum absolute atomic E-state index is 14.1. The summed E-state index contributed by atoms with van der Waals surface area (Å²) in [6.07, 6.45) is 7.46. The average molecular weight is 1170 g/mol. The number of aliphatic hydroxyl groups is 1. The zero-order valence-electron chi connectivity index (χ0n) is 49.0. The highest BCUT2D eigenvalue weighted by atomic mass is 32.1. The predicted octanol–water partition coefficient (Wildman–Crippen LogP) is 6.66. The van der Waals surface area contributed by atoms with Gasteiger partial charge in [-0.25, -0.2) is 9.67 Å². The van der Waals surface area contributed by atoms with Gasteiger partial charge in [0.1, 0.15) is 35.9 Å². The number of carbonyl (C=O) groups excluding carboxylic acids is 5. The number of nitriles is 1. The maximum atomic E-state index is 14.1. The van der Waals surface area contributed by atoms with E-state index in [0.717, 1.165) is 57.0 Å². The number of hydrogen-bond donors (Lipinski definition) is 4. The molecule has 3 fully saturated rings. The number of benzene rings is 3. The van der Waals surface area contributed by atoms with Crippen molar-refractivity contribution in [1.29, 1.82) is 5.26 Å². The molecule has 0 spiro atoms. The smallest absolute Gasteiger partial charge is 0.247 e. The lowest BCUT2D eigenvalue weighted by Crippen LogP contribution is -2.58. The number of β-amino-alcohol motifs (C(OH)–C–C–N with tert-alkyl or cyclic N) is 1. The molecule has 3 aromatic carbocycles. The summed E-state index contributed by atoms with van der Waals surface area (Å²) < 4.78 is 30.9.